The number of halogens is 3. The molecule has 208 valence electrons. The van der Waals surface area contributed by atoms with E-state index in [2.05, 4.69) is 22.0 Å². The molecule has 0 heterocycles. The molecule has 0 fully saturated rings. The zero-order valence-electron chi connectivity index (χ0n) is 22.0. The van der Waals surface area contributed by atoms with Crippen LogP contribution in [0, 0.1) is 13.8 Å². The highest BCUT2D eigenvalue weighted by atomic mass is 19.4. The summed E-state index contributed by atoms with van der Waals surface area (Å²) in [6.45, 7) is 4.40. The number of hydrogen-bond acceptors (Lipinski definition) is 4. The van der Waals surface area contributed by atoms with Gasteiger partial charge in [-0.15, -0.1) is 0 Å². The second-order valence-corrected chi connectivity index (χ2v) is 9.59. The Morgan fingerprint density at radius 3 is 2.38 bits per heavy atom. The number of nitrogens with one attached hydrogen (secondary N) is 3. The number of carbonyl (C=O) groups is 2. The van der Waals surface area contributed by atoms with Gasteiger partial charge in [-0.2, -0.15) is 13.2 Å². The minimum atomic E-state index is -4.58. The first kappa shape index (κ1) is 29.9. The fourth-order valence-electron chi connectivity index (χ4n) is 4.21. The molecule has 2 amide bonds. The molecular weight excluding hydrogens is 507 g/mol. The lowest BCUT2D eigenvalue weighted by atomic mass is 10.0. The van der Waals surface area contributed by atoms with E-state index in [0.717, 1.165) is 40.5 Å². The van der Waals surface area contributed by atoms with Gasteiger partial charge in [0.05, 0.1) is 24.3 Å². The van der Waals surface area contributed by atoms with Gasteiger partial charge >= 0.3 is 6.18 Å². The van der Waals surface area contributed by atoms with Gasteiger partial charge in [0.2, 0.25) is 5.91 Å². The maximum Gasteiger partial charge on any atom is 0.416 e. The zero-order chi connectivity index (χ0) is 28.4. The number of hydrogen-bond donors (Lipinski definition) is 4. The predicted molar refractivity (Wildman–Crippen MR) is 144 cm³/mol. The topological polar surface area (TPSA) is 90.5 Å². The second-order valence-electron chi connectivity index (χ2n) is 9.59. The SMILES string of the molecule is Cc1ccc(CNC[C@H](NC(=O)CNC(=O)c2cccc(C(F)(F)F)c2)[C@@H](O)CCc2ccccc2)c(C)c1. The standard InChI is InChI=1S/C30H34F3N3O3/c1-20-11-13-24(21(2)15-20)17-34-18-26(27(37)14-12-22-7-4-3-5-8-22)36-28(38)19-35-29(39)23-9-6-10-25(16-23)30(31,32)33/h3-11,13,15-16,26-27,34,37H,12,14,17-19H2,1-2H3,(H,35,39)(H,36,38)/t26-,27-/m0/s1. The van der Waals surface area contributed by atoms with Crippen molar-refractivity contribution < 1.29 is 27.9 Å². The minimum Gasteiger partial charge on any atom is -0.391 e. The van der Waals surface area contributed by atoms with Crippen molar-refractivity contribution in [2.45, 2.75) is 51.6 Å². The van der Waals surface area contributed by atoms with Crippen molar-refractivity contribution in [3.05, 3.63) is 106 Å². The Kier molecular flexibility index (Phi) is 10.7. The summed E-state index contributed by atoms with van der Waals surface area (Å²) in [5.41, 5.74) is 3.29. The van der Waals surface area contributed by atoms with E-state index in [9.17, 15) is 27.9 Å². The van der Waals surface area contributed by atoms with Gasteiger partial charge in [-0.05, 0) is 61.6 Å². The molecule has 3 rings (SSSR count). The Morgan fingerprint density at radius 2 is 1.69 bits per heavy atom. The van der Waals surface area contributed by atoms with Gasteiger partial charge in [-0.25, -0.2) is 0 Å². The third-order valence-electron chi connectivity index (χ3n) is 6.42. The molecule has 0 unspecified atom stereocenters. The van der Waals surface area contributed by atoms with Crippen molar-refractivity contribution in [3.8, 4) is 0 Å². The van der Waals surface area contributed by atoms with E-state index in [1.165, 1.54) is 6.07 Å². The molecule has 6 nitrogen and oxygen atoms in total. The van der Waals surface area contributed by atoms with Crippen LogP contribution < -0.4 is 16.0 Å². The third kappa shape index (κ3) is 9.53. The molecular formula is C30H34F3N3O3. The first-order chi connectivity index (χ1) is 18.5. The van der Waals surface area contributed by atoms with E-state index in [1.807, 2.05) is 56.3 Å². The lowest BCUT2D eigenvalue weighted by Crippen LogP contribution is -2.51. The monoisotopic (exact) mass is 541 g/mol. The summed E-state index contributed by atoms with van der Waals surface area (Å²) in [6.07, 6.45) is -4.45. The number of aliphatic hydroxyl groups is 1. The molecule has 0 aliphatic heterocycles. The van der Waals surface area contributed by atoms with Crippen molar-refractivity contribution in [1.29, 1.82) is 0 Å². The Bertz CT molecular complexity index is 1250. The summed E-state index contributed by atoms with van der Waals surface area (Å²) in [5, 5.41) is 19.3. The number of rotatable bonds is 12. The molecule has 3 aromatic carbocycles. The fourth-order valence-corrected chi connectivity index (χ4v) is 4.21. The Morgan fingerprint density at radius 1 is 0.949 bits per heavy atom. The minimum absolute atomic E-state index is 0.202. The molecule has 0 aromatic heterocycles. The van der Waals surface area contributed by atoms with E-state index in [0.29, 0.717) is 19.4 Å². The molecule has 4 N–H and O–H groups in total. The van der Waals surface area contributed by atoms with Crippen LogP contribution in [0.2, 0.25) is 0 Å². The molecule has 39 heavy (non-hydrogen) atoms. The number of amides is 2. The second kappa shape index (κ2) is 13.9. The van der Waals surface area contributed by atoms with Gasteiger partial charge in [0.15, 0.2) is 0 Å². The van der Waals surface area contributed by atoms with Crippen LogP contribution >= 0.6 is 0 Å². The van der Waals surface area contributed by atoms with Crippen LogP contribution in [-0.4, -0.2) is 42.2 Å². The number of benzene rings is 3. The highest BCUT2D eigenvalue weighted by molar-refractivity contribution is 5.96. The fraction of sp³-hybridized carbons (Fsp3) is 0.333. The van der Waals surface area contributed by atoms with Crippen LogP contribution in [0.4, 0.5) is 13.2 Å². The van der Waals surface area contributed by atoms with Crippen LogP contribution in [0.3, 0.4) is 0 Å². The lowest BCUT2D eigenvalue weighted by molar-refractivity contribution is -0.137. The van der Waals surface area contributed by atoms with Crippen molar-refractivity contribution in [3.63, 3.8) is 0 Å². The van der Waals surface area contributed by atoms with Crippen LogP contribution in [0.25, 0.3) is 0 Å². The summed E-state index contributed by atoms with van der Waals surface area (Å²) in [6, 6.07) is 19.1. The quantitative estimate of drug-likeness (QED) is 0.275. The van der Waals surface area contributed by atoms with Crippen LogP contribution in [-0.2, 0) is 23.9 Å². The molecule has 0 aliphatic rings. The van der Waals surface area contributed by atoms with Gasteiger partial charge < -0.3 is 21.1 Å². The zero-order valence-corrected chi connectivity index (χ0v) is 22.0. The van der Waals surface area contributed by atoms with E-state index >= 15 is 0 Å². The molecule has 0 bridgehead atoms. The summed E-state index contributed by atoms with van der Waals surface area (Å²) in [5.74, 6) is -1.36. The molecule has 0 saturated heterocycles. The van der Waals surface area contributed by atoms with Crippen molar-refractivity contribution >= 4 is 11.8 Å². The molecule has 0 saturated carbocycles. The van der Waals surface area contributed by atoms with Crippen molar-refractivity contribution in [1.82, 2.24) is 16.0 Å². The molecule has 2 atom stereocenters. The smallest absolute Gasteiger partial charge is 0.391 e. The predicted octanol–water partition coefficient (Wildman–Crippen LogP) is 4.32. The summed E-state index contributed by atoms with van der Waals surface area (Å²) in [7, 11) is 0. The van der Waals surface area contributed by atoms with E-state index < -0.39 is 42.2 Å². The summed E-state index contributed by atoms with van der Waals surface area (Å²) in [4.78, 5) is 25.0. The van der Waals surface area contributed by atoms with Crippen LogP contribution in [0.15, 0.2) is 72.8 Å². The first-order valence-electron chi connectivity index (χ1n) is 12.8. The van der Waals surface area contributed by atoms with Crippen molar-refractivity contribution in [2.75, 3.05) is 13.1 Å². The van der Waals surface area contributed by atoms with Crippen LogP contribution in [0.5, 0.6) is 0 Å². The average molecular weight is 542 g/mol. The number of aliphatic hydroxyl groups excluding tert-OH is 1. The van der Waals surface area contributed by atoms with Gasteiger partial charge in [-0.1, -0.05) is 60.2 Å². The Labute approximate surface area is 226 Å². The average Bonchev–Trinajstić information content (AvgIpc) is 2.91. The van der Waals surface area contributed by atoms with Crippen LogP contribution in [0.1, 0.15) is 44.6 Å². The Hall–Kier alpha value is -3.69. The molecule has 0 spiro atoms. The van der Waals surface area contributed by atoms with E-state index in [-0.39, 0.29) is 12.1 Å². The Balaban J connectivity index is 1.59. The highest BCUT2D eigenvalue weighted by Gasteiger charge is 2.31. The number of carbonyl (C=O) groups excluding carboxylic acids is 2. The van der Waals surface area contributed by atoms with Gasteiger partial charge in [-0.3, -0.25) is 9.59 Å². The van der Waals surface area contributed by atoms with Gasteiger partial charge in [0.25, 0.3) is 5.91 Å². The third-order valence-corrected chi connectivity index (χ3v) is 6.42. The summed E-state index contributed by atoms with van der Waals surface area (Å²) < 4.78 is 38.9. The highest BCUT2D eigenvalue weighted by Crippen LogP contribution is 2.29. The lowest BCUT2D eigenvalue weighted by Gasteiger charge is -2.25. The molecule has 3 aromatic rings. The summed E-state index contributed by atoms with van der Waals surface area (Å²) >= 11 is 0. The van der Waals surface area contributed by atoms with E-state index in [1.54, 1.807) is 0 Å². The molecule has 0 aliphatic carbocycles. The first-order valence-corrected chi connectivity index (χ1v) is 12.8. The normalized spacial score (nSPS) is 13.0. The maximum atomic E-state index is 13.0. The molecule has 9 heteroatoms. The largest absolute Gasteiger partial charge is 0.416 e. The van der Waals surface area contributed by atoms with E-state index in [4.69, 9.17) is 0 Å². The number of alkyl halides is 3. The number of aryl methyl sites for hydroxylation is 3. The van der Waals surface area contributed by atoms with Crippen molar-refractivity contribution in [2.24, 2.45) is 0 Å². The van der Waals surface area contributed by atoms with Gasteiger partial charge in [0.1, 0.15) is 0 Å². The van der Waals surface area contributed by atoms with Gasteiger partial charge in [0, 0.05) is 18.7 Å². The molecule has 0 radical (unpaired) electrons. The maximum absolute atomic E-state index is 13.0.